The molecule has 0 radical (unpaired) electrons. The van der Waals surface area contributed by atoms with Crippen molar-refractivity contribution in [3.63, 3.8) is 0 Å². The van der Waals surface area contributed by atoms with Crippen molar-refractivity contribution < 1.29 is 24.5 Å². The zero-order valence-electron chi connectivity index (χ0n) is 15.8. The summed E-state index contributed by atoms with van der Waals surface area (Å²) < 4.78 is 5.90. The van der Waals surface area contributed by atoms with Crippen molar-refractivity contribution >= 4 is 28.9 Å². The number of carbonyl (C=O) groups is 2. The molecule has 4 N–H and O–H groups in total. The second-order valence-corrected chi connectivity index (χ2v) is 7.12. The molecule has 150 valence electrons. The second kappa shape index (κ2) is 8.06. The van der Waals surface area contributed by atoms with Gasteiger partial charge in [0.25, 0.3) is 5.91 Å². The Morgan fingerprint density at radius 1 is 1.21 bits per heavy atom. The molecule has 0 spiro atoms. The summed E-state index contributed by atoms with van der Waals surface area (Å²) in [5.41, 5.74) is 5.30. The van der Waals surface area contributed by atoms with Gasteiger partial charge in [-0.1, -0.05) is 36.4 Å². The van der Waals surface area contributed by atoms with Crippen LogP contribution in [-0.4, -0.2) is 41.3 Å². The molecule has 1 amide bonds. The number of ether oxygens (including phenoxy) is 1. The lowest BCUT2D eigenvalue weighted by molar-refractivity contribution is -0.140. The van der Waals surface area contributed by atoms with E-state index in [4.69, 9.17) is 14.9 Å². The van der Waals surface area contributed by atoms with E-state index in [-0.39, 0.29) is 5.91 Å². The predicted molar refractivity (Wildman–Crippen MR) is 108 cm³/mol. The number of carboxylic acid groups (broad SMARTS) is 1. The summed E-state index contributed by atoms with van der Waals surface area (Å²) in [5, 5.41) is 23.6. The van der Waals surface area contributed by atoms with Crippen LogP contribution in [0.15, 0.2) is 42.5 Å². The van der Waals surface area contributed by atoms with Gasteiger partial charge in [0.2, 0.25) is 0 Å². The van der Waals surface area contributed by atoms with Crippen LogP contribution in [0.1, 0.15) is 28.7 Å². The van der Waals surface area contributed by atoms with Gasteiger partial charge in [-0.25, -0.2) is 0 Å². The van der Waals surface area contributed by atoms with E-state index < -0.39 is 18.6 Å². The fourth-order valence-corrected chi connectivity index (χ4v) is 3.72. The molecule has 0 bridgehead atoms. The zero-order chi connectivity index (χ0) is 20.4. The Kier molecular flexibility index (Phi) is 5.33. The number of fused-ring (bicyclic) bond motifs is 2. The summed E-state index contributed by atoms with van der Waals surface area (Å²) >= 11 is 0. The number of aryl methyl sites for hydroxylation is 1. The first-order valence-corrected chi connectivity index (χ1v) is 9.55. The number of aliphatic hydroxyl groups is 1. The number of carboxylic acids is 1. The smallest absolute Gasteiger partial charge is 0.323 e. The molecule has 4 rings (SSSR count). The maximum atomic E-state index is 12.5. The van der Waals surface area contributed by atoms with Gasteiger partial charge in [-0.15, -0.1) is 0 Å². The van der Waals surface area contributed by atoms with Gasteiger partial charge in [0.15, 0.2) is 0 Å². The number of aliphatic carboxylic acids is 1. The molecule has 2 aromatic carbocycles. The Labute approximate surface area is 168 Å². The monoisotopic (exact) mass is 394 g/mol. The van der Waals surface area contributed by atoms with Gasteiger partial charge in [0.1, 0.15) is 18.4 Å². The van der Waals surface area contributed by atoms with Crippen molar-refractivity contribution in [1.29, 1.82) is 0 Å². The van der Waals surface area contributed by atoms with Crippen LogP contribution in [0.5, 0.6) is 0 Å². The van der Waals surface area contributed by atoms with Gasteiger partial charge < -0.3 is 25.6 Å². The molecule has 1 atom stereocenters. The van der Waals surface area contributed by atoms with E-state index in [1.807, 2.05) is 36.4 Å². The molecule has 0 saturated carbocycles. The van der Waals surface area contributed by atoms with E-state index in [0.717, 1.165) is 40.8 Å². The van der Waals surface area contributed by atoms with E-state index >= 15 is 0 Å². The van der Waals surface area contributed by atoms with Crippen molar-refractivity contribution in [2.75, 3.05) is 18.5 Å². The molecule has 0 fully saturated rings. The third kappa shape index (κ3) is 3.74. The molecule has 0 aliphatic carbocycles. The van der Waals surface area contributed by atoms with Crippen LogP contribution >= 0.6 is 0 Å². The highest BCUT2D eigenvalue weighted by molar-refractivity contribution is 6.36. The fourth-order valence-electron chi connectivity index (χ4n) is 3.72. The summed E-state index contributed by atoms with van der Waals surface area (Å²) in [6, 6.07) is 12.7. The number of benzene rings is 2. The van der Waals surface area contributed by atoms with Crippen molar-refractivity contribution in [3.8, 4) is 0 Å². The maximum absolute atomic E-state index is 12.5. The lowest BCUT2D eigenvalue weighted by Crippen LogP contribution is -2.40. The van der Waals surface area contributed by atoms with Gasteiger partial charge in [0.05, 0.1) is 12.2 Å². The van der Waals surface area contributed by atoms with Crippen LogP contribution in [0.4, 0.5) is 5.69 Å². The predicted octanol–water partition coefficient (Wildman–Crippen LogP) is 2.00. The van der Waals surface area contributed by atoms with Crippen molar-refractivity contribution in [1.82, 2.24) is 5.32 Å². The number of hydrogen-bond donors (Lipinski definition) is 4. The Morgan fingerprint density at radius 3 is 2.83 bits per heavy atom. The molecule has 0 aromatic heterocycles. The number of para-hydroxylation sites is 1. The van der Waals surface area contributed by atoms with Crippen LogP contribution in [0.25, 0.3) is 11.3 Å². The van der Waals surface area contributed by atoms with E-state index in [0.29, 0.717) is 24.5 Å². The fraction of sp³-hybridized carbons (Fsp3) is 0.273. The minimum atomic E-state index is -1.06. The molecule has 7 heteroatoms. The summed E-state index contributed by atoms with van der Waals surface area (Å²) in [6.07, 6.45) is 1.51. The topological polar surface area (TPSA) is 108 Å². The second-order valence-electron chi connectivity index (χ2n) is 7.12. The van der Waals surface area contributed by atoms with Gasteiger partial charge in [-0.3, -0.25) is 9.59 Å². The Morgan fingerprint density at radius 2 is 2.03 bits per heavy atom. The Bertz CT molecular complexity index is 998. The summed E-state index contributed by atoms with van der Waals surface area (Å²) in [5.74, 6) is -0.593. The van der Waals surface area contributed by atoms with Crippen molar-refractivity contribution in [2.45, 2.75) is 25.5 Å². The first kappa shape index (κ1) is 19.2. The van der Waals surface area contributed by atoms with E-state index in [2.05, 4.69) is 16.7 Å². The van der Waals surface area contributed by atoms with Crippen LogP contribution in [0.3, 0.4) is 0 Å². The van der Waals surface area contributed by atoms with Crippen molar-refractivity contribution in [2.24, 2.45) is 0 Å². The minimum absolute atomic E-state index is 0.152. The number of hydrogen-bond acceptors (Lipinski definition) is 5. The molecule has 2 heterocycles. The highest BCUT2D eigenvalue weighted by atomic mass is 16.5. The van der Waals surface area contributed by atoms with E-state index in [1.54, 1.807) is 0 Å². The largest absolute Gasteiger partial charge is 0.487 e. The molecule has 7 nitrogen and oxygen atoms in total. The number of amides is 1. The first-order valence-electron chi connectivity index (χ1n) is 9.55. The standard InChI is InChI=1S/C22H22N2O5/c25-11-18(22(27)28)23-9-3-4-13-7-8-15-14(10-13)12-29-20(15)19-16-5-1-2-6-17(16)24-21(19)26/h1-2,5-8,10,18,23,25H,3-4,9,11-12H2,(H,24,26)(H,27,28)/t18-/m1/s1. The highest BCUT2D eigenvalue weighted by Gasteiger charge is 2.32. The lowest BCUT2D eigenvalue weighted by atomic mass is 9.98. The summed E-state index contributed by atoms with van der Waals surface area (Å²) in [7, 11) is 0. The van der Waals surface area contributed by atoms with Crippen molar-refractivity contribution in [3.05, 3.63) is 64.7 Å². The summed E-state index contributed by atoms with van der Waals surface area (Å²) in [6.45, 7) is 0.484. The van der Waals surface area contributed by atoms with Gasteiger partial charge >= 0.3 is 5.97 Å². The number of carbonyl (C=O) groups excluding carboxylic acids is 1. The van der Waals surface area contributed by atoms with Crippen LogP contribution < -0.4 is 10.6 Å². The maximum Gasteiger partial charge on any atom is 0.323 e. The quantitative estimate of drug-likeness (QED) is 0.423. The number of anilines is 1. The molecular formula is C22H22N2O5. The lowest BCUT2D eigenvalue weighted by Gasteiger charge is -2.11. The molecular weight excluding hydrogens is 372 g/mol. The van der Waals surface area contributed by atoms with Gasteiger partial charge in [-0.2, -0.15) is 0 Å². The minimum Gasteiger partial charge on any atom is -0.487 e. The number of aliphatic hydroxyl groups excluding tert-OH is 1. The Hall–Kier alpha value is -3.16. The molecule has 2 aliphatic heterocycles. The third-order valence-corrected chi connectivity index (χ3v) is 5.20. The third-order valence-electron chi connectivity index (χ3n) is 5.20. The Balaban J connectivity index is 1.48. The zero-order valence-corrected chi connectivity index (χ0v) is 15.8. The van der Waals surface area contributed by atoms with E-state index in [9.17, 15) is 9.59 Å². The molecule has 0 unspecified atom stereocenters. The van der Waals surface area contributed by atoms with Crippen LogP contribution in [0.2, 0.25) is 0 Å². The number of rotatable bonds is 7. The first-order chi connectivity index (χ1) is 14.1. The molecule has 0 saturated heterocycles. The molecule has 29 heavy (non-hydrogen) atoms. The van der Waals surface area contributed by atoms with Crippen LogP contribution in [0, 0.1) is 0 Å². The van der Waals surface area contributed by atoms with Gasteiger partial charge in [-0.05, 0) is 31.0 Å². The average Bonchev–Trinajstić information content (AvgIpc) is 3.26. The SMILES string of the molecule is O=C1Nc2ccccc2C1=C1OCc2cc(CCCN[C@H](CO)C(=O)O)ccc21. The average molecular weight is 394 g/mol. The van der Waals surface area contributed by atoms with Crippen LogP contribution in [-0.2, 0) is 27.4 Å². The van der Waals surface area contributed by atoms with E-state index in [1.165, 1.54) is 0 Å². The molecule has 2 aliphatic rings. The number of nitrogens with one attached hydrogen (secondary N) is 2. The van der Waals surface area contributed by atoms with Gasteiger partial charge in [0, 0.05) is 22.4 Å². The highest BCUT2D eigenvalue weighted by Crippen LogP contribution is 2.41. The normalized spacial score (nSPS) is 18.0. The summed E-state index contributed by atoms with van der Waals surface area (Å²) in [4.78, 5) is 23.4. The molecule has 2 aromatic rings.